The van der Waals surface area contributed by atoms with E-state index in [1.54, 1.807) is 17.4 Å². The van der Waals surface area contributed by atoms with Crippen molar-refractivity contribution in [2.45, 2.75) is 47.2 Å². The van der Waals surface area contributed by atoms with Gasteiger partial charge in [0.15, 0.2) is 4.80 Å². The molecule has 0 fully saturated rings. The third-order valence-corrected chi connectivity index (χ3v) is 4.43. The zero-order valence-corrected chi connectivity index (χ0v) is 15.2. The van der Waals surface area contributed by atoms with Crippen molar-refractivity contribution in [1.82, 2.24) is 4.57 Å². The van der Waals surface area contributed by atoms with E-state index in [0.717, 1.165) is 29.0 Å². The van der Waals surface area contributed by atoms with Crippen molar-refractivity contribution in [1.29, 1.82) is 0 Å². The Bertz CT molecular complexity index is 713. The lowest BCUT2D eigenvalue weighted by Crippen LogP contribution is -2.21. The summed E-state index contributed by atoms with van der Waals surface area (Å²) in [6, 6.07) is 4.61. The van der Waals surface area contributed by atoms with Crippen molar-refractivity contribution >= 4 is 17.0 Å². The van der Waals surface area contributed by atoms with Gasteiger partial charge in [0.2, 0.25) is 0 Å². The van der Waals surface area contributed by atoms with Crippen molar-refractivity contribution in [3.63, 3.8) is 0 Å². The molecule has 0 saturated carbocycles. The Morgan fingerprint density at radius 2 is 1.96 bits per heavy atom. The smallest absolute Gasteiger partial charge is 0.190 e. The molecule has 1 aromatic heterocycles. The molecule has 0 unspecified atom stereocenters. The maximum absolute atomic E-state index is 13.4. The van der Waals surface area contributed by atoms with Crippen LogP contribution in [0.1, 0.15) is 39.0 Å². The Morgan fingerprint density at radius 1 is 1.22 bits per heavy atom. The molecule has 0 saturated heterocycles. The van der Waals surface area contributed by atoms with Gasteiger partial charge in [-0.2, -0.15) is 0 Å². The highest BCUT2D eigenvalue weighted by Crippen LogP contribution is 2.20. The van der Waals surface area contributed by atoms with Gasteiger partial charge in [0, 0.05) is 24.2 Å². The zero-order valence-electron chi connectivity index (χ0n) is 14.3. The quantitative estimate of drug-likeness (QED) is 0.843. The molecule has 2 aromatic rings. The molecule has 0 amide bonds. The number of thiazole rings is 1. The predicted molar refractivity (Wildman–Crippen MR) is 95.2 cm³/mol. The van der Waals surface area contributed by atoms with Gasteiger partial charge in [0.05, 0.1) is 5.69 Å². The zero-order chi connectivity index (χ0) is 17.0. The van der Waals surface area contributed by atoms with E-state index in [0.29, 0.717) is 11.8 Å². The van der Waals surface area contributed by atoms with Crippen LogP contribution in [0, 0.1) is 17.7 Å². The Labute approximate surface area is 141 Å². The highest BCUT2D eigenvalue weighted by atomic mass is 32.1. The van der Waals surface area contributed by atoms with Gasteiger partial charge in [0.1, 0.15) is 5.82 Å². The van der Waals surface area contributed by atoms with Crippen LogP contribution in [-0.2, 0) is 19.5 Å². The molecule has 23 heavy (non-hydrogen) atoms. The molecule has 0 bridgehead atoms. The molecule has 5 heteroatoms. The van der Waals surface area contributed by atoms with Crippen LogP contribution < -0.4 is 10.5 Å². The van der Waals surface area contributed by atoms with Gasteiger partial charge in [-0.3, -0.25) is 0 Å². The molecule has 1 aromatic carbocycles. The second-order valence-corrected chi connectivity index (χ2v) is 7.54. The minimum atomic E-state index is -0.272. The van der Waals surface area contributed by atoms with Crippen LogP contribution in [0.2, 0.25) is 0 Å². The molecule has 0 aliphatic heterocycles. The van der Waals surface area contributed by atoms with E-state index < -0.39 is 0 Å². The van der Waals surface area contributed by atoms with Crippen LogP contribution in [0.3, 0.4) is 0 Å². The molecule has 3 nitrogen and oxygen atoms in total. The van der Waals surface area contributed by atoms with Gasteiger partial charge < -0.3 is 10.3 Å². The van der Waals surface area contributed by atoms with Gasteiger partial charge >= 0.3 is 0 Å². The molecule has 0 aliphatic carbocycles. The lowest BCUT2D eigenvalue weighted by molar-refractivity contribution is 0.486. The van der Waals surface area contributed by atoms with E-state index in [9.17, 15) is 4.39 Å². The number of aromatic nitrogens is 1. The Kier molecular flexibility index (Phi) is 6.13. The van der Waals surface area contributed by atoms with Crippen LogP contribution >= 0.6 is 11.3 Å². The van der Waals surface area contributed by atoms with Gasteiger partial charge in [-0.15, -0.1) is 11.3 Å². The number of halogens is 1. The lowest BCUT2D eigenvalue weighted by Gasteiger charge is -2.13. The van der Waals surface area contributed by atoms with E-state index in [1.807, 2.05) is 0 Å². The molecule has 1 heterocycles. The predicted octanol–water partition coefficient (Wildman–Crippen LogP) is 4.23. The van der Waals surface area contributed by atoms with Crippen LogP contribution in [0.5, 0.6) is 0 Å². The van der Waals surface area contributed by atoms with E-state index in [2.05, 4.69) is 37.6 Å². The molecule has 2 rings (SSSR count). The molecular weight excluding hydrogens is 309 g/mol. The maximum Gasteiger partial charge on any atom is 0.190 e. The maximum atomic E-state index is 13.4. The summed E-state index contributed by atoms with van der Waals surface area (Å²) in [4.78, 5) is 5.72. The van der Waals surface area contributed by atoms with E-state index in [1.165, 1.54) is 17.8 Å². The molecule has 2 N–H and O–H groups in total. The summed E-state index contributed by atoms with van der Waals surface area (Å²) in [7, 11) is 0. The second-order valence-electron chi connectivity index (χ2n) is 6.70. The molecule has 0 radical (unpaired) electrons. The largest absolute Gasteiger partial charge is 0.326 e. The number of hydrogen-bond donors (Lipinski definition) is 1. The van der Waals surface area contributed by atoms with Crippen LogP contribution in [0.4, 0.5) is 10.1 Å². The summed E-state index contributed by atoms with van der Waals surface area (Å²) in [5.74, 6) is 0.865. The third kappa shape index (κ3) is 4.75. The summed E-state index contributed by atoms with van der Waals surface area (Å²) in [6.45, 7) is 10.1. The van der Waals surface area contributed by atoms with E-state index >= 15 is 0 Å². The topological polar surface area (TPSA) is 43.3 Å². The van der Waals surface area contributed by atoms with Gasteiger partial charge in [-0.05, 0) is 42.0 Å². The highest BCUT2D eigenvalue weighted by molar-refractivity contribution is 7.07. The Balaban J connectivity index is 2.51. The van der Waals surface area contributed by atoms with Gasteiger partial charge in [0.25, 0.3) is 0 Å². The van der Waals surface area contributed by atoms with E-state index in [-0.39, 0.29) is 12.4 Å². The fourth-order valence-corrected chi connectivity index (χ4v) is 3.46. The molecule has 0 aliphatic rings. The number of nitrogens with zero attached hydrogens (tertiary/aromatic N) is 2. The van der Waals surface area contributed by atoms with Crippen LogP contribution in [-0.4, -0.2) is 4.57 Å². The summed E-state index contributed by atoms with van der Waals surface area (Å²) in [6.07, 6.45) is 1.03. The fourth-order valence-electron chi connectivity index (χ4n) is 2.52. The average molecular weight is 335 g/mol. The summed E-state index contributed by atoms with van der Waals surface area (Å²) in [5.41, 5.74) is 8.54. The van der Waals surface area contributed by atoms with Crippen molar-refractivity contribution in [2.24, 2.45) is 22.6 Å². The van der Waals surface area contributed by atoms with Crippen molar-refractivity contribution in [3.8, 4) is 0 Å². The SMILES string of the molecule is CC(C)Cc1csc(=Nc2ccc(F)cc2CN)n1CC(C)C. The monoisotopic (exact) mass is 335 g/mol. The molecule has 0 atom stereocenters. The number of nitrogens with two attached hydrogens (primary N) is 1. The number of hydrogen-bond acceptors (Lipinski definition) is 3. The summed E-state index contributed by atoms with van der Waals surface area (Å²) >= 11 is 1.64. The summed E-state index contributed by atoms with van der Waals surface area (Å²) in [5, 5.41) is 2.19. The first-order valence-corrected chi connectivity index (χ1v) is 8.99. The number of benzene rings is 1. The molecule has 0 spiro atoms. The first kappa shape index (κ1) is 17.9. The normalized spacial score (nSPS) is 12.6. The minimum absolute atomic E-state index is 0.272. The first-order valence-electron chi connectivity index (χ1n) is 8.11. The Morgan fingerprint density at radius 3 is 2.57 bits per heavy atom. The van der Waals surface area contributed by atoms with Crippen LogP contribution in [0.15, 0.2) is 28.6 Å². The third-order valence-electron chi connectivity index (χ3n) is 3.52. The Hall–Kier alpha value is -1.46. The standard InChI is InChI=1S/C18H26FN3S/c1-12(2)7-16-11-23-18(22(16)10-13(3)4)21-17-6-5-15(19)8-14(17)9-20/h5-6,8,11-13H,7,9-10,20H2,1-4H3. The summed E-state index contributed by atoms with van der Waals surface area (Å²) < 4.78 is 15.7. The van der Waals surface area contributed by atoms with Gasteiger partial charge in [-0.1, -0.05) is 27.7 Å². The molecule has 126 valence electrons. The van der Waals surface area contributed by atoms with Crippen molar-refractivity contribution in [3.05, 3.63) is 45.5 Å². The molecular formula is C18H26FN3S. The van der Waals surface area contributed by atoms with E-state index in [4.69, 9.17) is 10.7 Å². The average Bonchev–Trinajstić information content (AvgIpc) is 2.82. The first-order chi connectivity index (χ1) is 10.9. The number of rotatable bonds is 6. The fraction of sp³-hybridized carbons (Fsp3) is 0.500. The minimum Gasteiger partial charge on any atom is -0.326 e. The lowest BCUT2D eigenvalue weighted by atomic mass is 10.1. The van der Waals surface area contributed by atoms with Crippen LogP contribution in [0.25, 0.3) is 0 Å². The van der Waals surface area contributed by atoms with Crippen molar-refractivity contribution in [2.75, 3.05) is 0 Å². The highest BCUT2D eigenvalue weighted by Gasteiger charge is 2.10. The van der Waals surface area contributed by atoms with Gasteiger partial charge in [-0.25, -0.2) is 9.38 Å². The van der Waals surface area contributed by atoms with Crippen molar-refractivity contribution < 1.29 is 4.39 Å². The second kappa shape index (κ2) is 7.88.